The van der Waals surface area contributed by atoms with Crippen molar-refractivity contribution in [3.8, 4) is 0 Å². The molecule has 20 heavy (non-hydrogen) atoms. The third-order valence-electron chi connectivity index (χ3n) is 2.52. The lowest BCUT2D eigenvalue weighted by atomic mass is 10.1. The first-order chi connectivity index (χ1) is 9.58. The van der Waals surface area contributed by atoms with Crippen LogP contribution < -0.4 is 10.6 Å². The van der Waals surface area contributed by atoms with Crippen molar-refractivity contribution in [2.24, 2.45) is 0 Å². The Morgan fingerprint density at radius 3 is 2.80 bits per heavy atom. The number of nitro benzene ring substituents is 1. The molecule has 0 saturated carbocycles. The Morgan fingerprint density at radius 2 is 2.20 bits per heavy atom. The minimum absolute atomic E-state index is 0.0341. The lowest BCUT2D eigenvalue weighted by Gasteiger charge is -2.07. The molecule has 0 spiro atoms. The average Bonchev–Trinajstić information content (AvgIpc) is 2.45. The summed E-state index contributed by atoms with van der Waals surface area (Å²) in [6, 6.07) is 4.71. The highest BCUT2D eigenvalue weighted by molar-refractivity contribution is 5.87. The number of nitro groups is 1. The third kappa shape index (κ3) is 4.69. The standard InChI is InChI=1S/C13H17N3O4/c1-14-7-8-15-11-5-3-10(4-6-13(17)20-2)9-12(11)16(18)19/h3-6,9,14-15H,7-8H2,1-2H3. The van der Waals surface area contributed by atoms with E-state index >= 15 is 0 Å². The Kier molecular flexibility index (Phi) is 6.18. The van der Waals surface area contributed by atoms with Crippen LogP contribution in [0.5, 0.6) is 0 Å². The quantitative estimate of drug-likeness (QED) is 0.258. The Labute approximate surface area is 116 Å². The molecule has 0 bridgehead atoms. The summed E-state index contributed by atoms with van der Waals surface area (Å²) >= 11 is 0. The number of nitrogens with one attached hydrogen (secondary N) is 2. The summed E-state index contributed by atoms with van der Waals surface area (Å²) in [6.07, 6.45) is 2.68. The molecular formula is C13H17N3O4. The molecule has 0 fully saturated rings. The van der Waals surface area contributed by atoms with Gasteiger partial charge in [0.15, 0.2) is 0 Å². The number of hydrogen-bond donors (Lipinski definition) is 2. The molecule has 2 N–H and O–H groups in total. The highest BCUT2D eigenvalue weighted by atomic mass is 16.6. The maximum Gasteiger partial charge on any atom is 0.330 e. The molecule has 0 atom stereocenters. The maximum atomic E-state index is 11.0. The normalized spacial score (nSPS) is 10.5. The zero-order chi connectivity index (χ0) is 15.0. The van der Waals surface area contributed by atoms with Crippen LogP contribution in [0.4, 0.5) is 11.4 Å². The van der Waals surface area contributed by atoms with Gasteiger partial charge in [0.2, 0.25) is 0 Å². The van der Waals surface area contributed by atoms with Crippen LogP contribution in [-0.4, -0.2) is 38.1 Å². The van der Waals surface area contributed by atoms with Crippen molar-refractivity contribution in [1.29, 1.82) is 0 Å². The van der Waals surface area contributed by atoms with Crippen LogP contribution in [0.3, 0.4) is 0 Å². The van der Waals surface area contributed by atoms with E-state index in [1.807, 2.05) is 0 Å². The zero-order valence-corrected chi connectivity index (χ0v) is 11.4. The van der Waals surface area contributed by atoms with E-state index in [1.54, 1.807) is 19.2 Å². The fourth-order valence-corrected chi connectivity index (χ4v) is 1.51. The number of hydrogen-bond acceptors (Lipinski definition) is 6. The van der Waals surface area contributed by atoms with Crippen LogP contribution in [0.15, 0.2) is 24.3 Å². The summed E-state index contributed by atoms with van der Waals surface area (Å²) in [5, 5.41) is 17.0. The molecule has 0 amide bonds. The monoisotopic (exact) mass is 279 g/mol. The molecule has 1 aromatic carbocycles. The number of ether oxygens (including phenoxy) is 1. The van der Waals surface area contributed by atoms with Crippen LogP contribution in [0.1, 0.15) is 5.56 Å². The summed E-state index contributed by atoms with van der Waals surface area (Å²) in [7, 11) is 3.07. The van der Waals surface area contributed by atoms with Crippen molar-refractivity contribution < 1.29 is 14.5 Å². The second-order valence-corrected chi connectivity index (χ2v) is 3.92. The van der Waals surface area contributed by atoms with Gasteiger partial charge in [0, 0.05) is 25.2 Å². The van der Waals surface area contributed by atoms with Crippen molar-refractivity contribution >= 4 is 23.4 Å². The van der Waals surface area contributed by atoms with Crippen LogP contribution in [0.2, 0.25) is 0 Å². The van der Waals surface area contributed by atoms with Gasteiger partial charge < -0.3 is 15.4 Å². The largest absolute Gasteiger partial charge is 0.466 e. The van der Waals surface area contributed by atoms with Gasteiger partial charge in [0.1, 0.15) is 5.69 Å². The van der Waals surface area contributed by atoms with E-state index in [0.717, 1.165) is 0 Å². The molecule has 7 heteroatoms. The van der Waals surface area contributed by atoms with Gasteiger partial charge in [0.05, 0.1) is 12.0 Å². The molecule has 0 radical (unpaired) electrons. The van der Waals surface area contributed by atoms with Gasteiger partial charge in [-0.1, -0.05) is 6.07 Å². The van der Waals surface area contributed by atoms with Crippen LogP contribution >= 0.6 is 0 Å². The van der Waals surface area contributed by atoms with E-state index in [4.69, 9.17) is 0 Å². The summed E-state index contributed by atoms with van der Waals surface area (Å²) in [5.41, 5.74) is 0.967. The van der Waals surface area contributed by atoms with Gasteiger partial charge in [0.25, 0.3) is 5.69 Å². The number of benzene rings is 1. The van der Waals surface area contributed by atoms with Crippen LogP contribution in [0, 0.1) is 10.1 Å². The summed E-state index contributed by atoms with van der Waals surface area (Å²) in [6.45, 7) is 1.27. The molecule has 0 unspecified atom stereocenters. The highest BCUT2D eigenvalue weighted by Gasteiger charge is 2.13. The van der Waals surface area contributed by atoms with Crippen molar-refractivity contribution in [2.75, 3.05) is 32.6 Å². The Balaban J connectivity index is 2.92. The van der Waals surface area contributed by atoms with E-state index in [1.165, 1.54) is 25.3 Å². The number of esters is 1. The van der Waals surface area contributed by atoms with Crippen molar-refractivity contribution in [3.05, 3.63) is 40.0 Å². The van der Waals surface area contributed by atoms with E-state index in [-0.39, 0.29) is 5.69 Å². The fraction of sp³-hybridized carbons (Fsp3) is 0.308. The van der Waals surface area contributed by atoms with Crippen LogP contribution in [0.25, 0.3) is 6.08 Å². The number of carbonyl (C=O) groups is 1. The first-order valence-corrected chi connectivity index (χ1v) is 6.01. The number of anilines is 1. The molecule has 1 rings (SSSR count). The molecule has 0 heterocycles. The molecule has 7 nitrogen and oxygen atoms in total. The van der Waals surface area contributed by atoms with Gasteiger partial charge in [-0.2, -0.15) is 0 Å². The molecule has 1 aromatic rings. The minimum Gasteiger partial charge on any atom is -0.466 e. The SMILES string of the molecule is CNCCNc1ccc(C=CC(=O)OC)cc1[N+](=O)[O-]. The smallest absolute Gasteiger partial charge is 0.330 e. The molecule has 0 aliphatic carbocycles. The van der Waals surface area contributed by atoms with Crippen molar-refractivity contribution in [3.63, 3.8) is 0 Å². The predicted octanol–water partition coefficient (Wildman–Crippen LogP) is 1.41. The highest BCUT2D eigenvalue weighted by Crippen LogP contribution is 2.25. The number of carbonyl (C=O) groups excluding carboxylic acids is 1. The third-order valence-corrected chi connectivity index (χ3v) is 2.52. The lowest BCUT2D eigenvalue weighted by molar-refractivity contribution is -0.384. The number of methoxy groups -OCH3 is 1. The molecule has 108 valence electrons. The summed E-state index contributed by atoms with van der Waals surface area (Å²) in [5.74, 6) is -0.510. The van der Waals surface area contributed by atoms with E-state index in [2.05, 4.69) is 15.4 Å². The van der Waals surface area contributed by atoms with Gasteiger partial charge >= 0.3 is 5.97 Å². The van der Waals surface area contributed by atoms with Gasteiger partial charge in [-0.25, -0.2) is 4.79 Å². The second-order valence-electron chi connectivity index (χ2n) is 3.92. The predicted molar refractivity (Wildman–Crippen MR) is 76.6 cm³/mol. The molecule has 0 saturated heterocycles. The van der Waals surface area contributed by atoms with Gasteiger partial charge in [-0.05, 0) is 24.8 Å². The summed E-state index contributed by atoms with van der Waals surface area (Å²) in [4.78, 5) is 21.6. The second kappa shape index (κ2) is 7.90. The van der Waals surface area contributed by atoms with Crippen molar-refractivity contribution in [1.82, 2.24) is 5.32 Å². The molecule has 0 aliphatic rings. The first kappa shape index (κ1) is 15.6. The average molecular weight is 279 g/mol. The fourth-order valence-electron chi connectivity index (χ4n) is 1.51. The molecular weight excluding hydrogens is 262 g/mol. The molecule has 0 aromatic heterocycles. The molecule has 0 aliphatic heterocycles. The Morgan fingerprint density at radius 1 is 1.45 bits per heavy atom. The van der Waals surface area contributed by atoms with E-state index < -0.39 is 10.9 Å². The zero-order valence-electron chi connectivity index (χ0n) is 11.4. The number of rotatable bonds is 7. The number of nitrogens with zero attached hydrogens (tertiary/aromatic N) is 1. The number of likely N-dealkylation sites (N-methyl/N-ethyl adjacent to an activating group) is 1. The van der Waals surface area contributed by atoms with Gasteiger partial charge in [-0.3, -0.25) is 10.1 Å². The van der Waals surface area contributed by atoms with Gasteiger partial charge in [-0.15, -0.1) is 0 Å². The first-order valence-electron chi connectivity index (χ1n) is 6.01. The minimum atomic E-state index is -0.510. The van der Waals surface area contributed by atoms with Crippen molar-refractivity contribution in [2.45, 2.75) is 0 Å². The topological polar surface area (TPSA) is 93.5 Å². The Bertz CT molecular complexity index is 514. The van der Waals surface area contributed by atoms with E-state index in [0.29, 0.717) is 24.3 Å². The Hall–Kier alpha value is -2.41. The lowest BCUT2D eigenvalue weighted by Crippen LogP contribution is -2.18. The summed E-state index contributed by atoms with van der Waals surface area (Å²) < 4.78 is 4.46. The maximum absolute atomic E-state index is 11.0. The van der Waals surface area contributed by atoms with E-state index in [9.17, 15) is 14.9 Å². The van der Waals surface area contributed by atoms with Crippen LogP contribution in [-0.2, 0) is 9.53 Å².